The molecule has 1 rings (SSSR count). The maximum absolute atomic E-state index is 10.6. The first-order valence-corrected chi connectivity index (χ1v) is 5.02. The van der Waals surface area contributed by atoms with Crippen molar-refractivity contribution in [3.63, 3.8) is 0 Å². The van der Waals surface area contributed by atoms with Crippen LogP contribution >= 0.6 is 0 Å². The number of hydrogen-bond acceptors (Lipinski definition) is 1. The SMILES string of the molecule is C=CC[N+]1(CC=C)CCN(C=O)CC1. The fraction of sp³-hybridized carbons (Fsp3) is 0.545. The quantitative estimate of drug-likeness (QED) is 0.358. The zero-order chi connectivity index (χ0) is 10.4. The van der Waals surface area contributed by atoms with Crippen LogP contribution in [0.4, 0.5) is 0 Å². The van der Waals surface area contributed by atoms with Crippen molar-refractivity contribution in [2.45, 2.75) is 0 Å². The lowest BCUT2D eigenvalue weighted by Crippen LogP contribution is -2.59. The lowest BCUT2D eigenvalue weighted by Gasteiger charge is -2.42. The van der Waals surface area contributed by atoms with E-state index in [2.05, 4.69) is 13.2 Å². The topological polar surface area (TPSA) is 20.3 Å². The molecule has 0 aliphatic carbocycles. The molecule has 0 aromatic carbocycles. The van der Waals surface area contributed by atoms with Gasteiger partial charge in [0.15, 0.2) is 0 Å². The first-order valence-electron chi connectivity index (χ1n) is 5.02. The van der Waals surface area contributed by atoms with Gasteiger partial charge in [0.25, 0.3) is 0 Å². The molecule has 1 fully saturated rings. The smallest absolute Gasteiger partial charge is 0.210 e. The van der Waals surface area contributed by atoms with Gasteiger partial charge < -0.3 is 9.38 Å². The summed E-state index contributed by atoms with van der Waals surface area (Å²) in [6.45, 7) is 13.2. The summed E-state index contributed by atoms with van der Waals surface area (Å²) in [4.78, 5) is 12.4. The summed E-state index contributed by atoms with van der Waals surface area (Å²) in [6, 6.07) is 0. The van der Waals surface area contributed by atoms with Gasteiger partial charge in [-0.1, -0.05) is 13.2 Å². The zero-order valence-electron chi connectivity index (χ0n) is 8.69. The van der Waals surface area contributed by atoms with E-state index in [0.717, 1.165) is 50.2 Å². The second-order valence-electron chi connectivity index (χ2n) is 3.87. The molecule has 0 atom stereocenters. The van der Waals surface area contributed by atoms with E-state index in [1.54, 1.807) is 0 Å². The maximum Gasteiger partial charge on any atom is 0.210 e. The highest BCUT2D eigenvalue weighted by atomic mass is 16.1. The van der Waals surface area contributed by atoms with Gasteiger partial charge in [0.2, 0.25) is 6.41 Å². The van der Waals surface area contributed by atoms with Gasteiger partial charge in [0.1, 0.15) is 0 Å². The van der Waals surface area contributed by atoms with Crippen LogP contribution in [0, 0.1) is 0 Å². The average Bonchev–Trinajstić information content (AvgIpc) is 2.20. The fourth-order valence-electron chi connectivity index (χ4n) is 2.00. The summed E-state index contributed by atoms with van der Waals surface area (Å²) >= 11 is 0. The molecule has 1 aliphatic rings. The van der Waals surface area contributed by atoms with Crippen molar-refractivity contribution < 1.29 is 9.28 Å². The number of amides is 1. The molecule has 0 saturated carbocycles. The Morgan fingerprint density at radius 1 is 1.14 bits per heavy atom. The molecular weight excluding hydrogens is 176 g/mol. The van der Waals surface area contributed by atoms with Crippen LogP contribution < -0.4 is 0 Å². The molecule has 1 amide bonds. The minimum absolute atomic E-state index is 0.852. The number of carbonyl (C=O) groups is 1. The Morgan fingerprint density at radius 2 is 1.64 bits per heavy atom. The van der Waals surface area contributed by atoms with Gasteiger partial charge in [-0.25, -0.2) is 0 Å². The third kappa shape index (κ3) is 2.45. The fourth-order valence-corrected chi connectivity index (χ4v) is 2.00. The van der Waals surface area contributed by atoms with Crippen molar-refractivity contribution in [1.82, 2.24) is 4.90 Å². The molecule has 3 heteroatoms. The molecule has 1 saturated heterocycles. The van der Waals surface area contributed by atoms with Gasteiger partial charge in [0.05, 0.1) is 39.3 Å². The van der Waals surface area contributed by atoms with E-state index in [1.165, 1.54) is 0 Å². The molecule has 0 aromatic heterocycles. The largest absolute Gasteiger partial charge is 0.334 e. The summed E-state index contributed by atoms with van der Waals surface area (Å²) in [6.07, 6.45) is 4.86. The standard InChI is InChI=1S/C11H19N2O/c1-3-7-13(8-4-2)9-5-12(11-14)6-10-13/h3-4,11H,1-2,5-10H2/q+1. The predicted molar refractivity (Wildman–Crippen MR) is 57.8 cm³/mol. The van der Waals surface area contributed by atoms with E-state index >= 15 is 0 Å². The third-order valence-corrected chi connectivity index (χ3v) is 2.90. The van der Waals surface area contributed by atoms with Crippen LogP contribution in [0.25, 0.3) is 0 Å². The lowest BCUT2D eigenvalue weighted by atomic mass is 10.2. The van der Waals surface area contributed by atoms with E-state index in [-0.39, 0.29) is 0 Å². The predicted octanol–water partition coefficient (Wildman–Crippen LogP) is 0.647. The van der Waals surface area contributed by atoms with Crippen LogP contribution in [0.1, 0.15) is 0 Å². The van der Waals surface area contributed by atoms with E-state index in [0.29, 0.717) is 0 Å². The molecular formula is C11H19N2O+. The highest BCUT2D eigenvalue weighted by molar-refractivity contribution is 5.46. The Balaban J connectivity index is 2.57. The van der Waals surface area contributed by atoms with Crippen LogP contribution in [0.3, 0.4) is 0 Å². The normalized spacial score (nSPS) is 20.1. The molecule has 0 bridgehead atoms. The highest BCUT2D eigenvalue weighted by Gasteiger charge is 2.29. The van der Waals surface area contributed by atoms with Crippen molar-refractivity contribution >= 4 is 6.41 Å². The summed E-state index contributed by atoms with van der Waals surface area (Å²) < 4.78 is 0.997. The molecule has 3 nitrogen and oxygen atoms in total. The first kappa shape index (κ1) is 11.0. The van der Waals surface area contributed by atoms with E-state index in [9.17, 15) is 4.79 Å². The summed E-state index contributed by atoms with van der Waals surface area (Å²) in [5, 5.41) is 0. The monoisotopic (exact) mass is 195 g/mol. The highest BCUT2D eigenvalue weighted by Crippen LogP contribution is 2.12. The van der Waals surface area contributed by atoms with Crippen LogP contribution in [0.5, 0.6) is 0 Å². The minimum Gasteiger partial charge on any atom is -0.334 e. The Labute approximate surface area is 85.9 Å². The van der Waals surface area contributed by atoms with Crippen LogP contribution in [0.15, 0.2) is 25.3 Å². The van der Waals surface area contributed by atoms with Gasteiger partial charge in [0, 0.05) is 0 Å². The second kappa shape index (κ2) is 4.96. The van der Waals surface area contributed by atoms with Gasteiger partial charge in [-0.05, 0) is 12.2 Å². The van der Waals surface area contributed by atoms with Crippen molar-refractivity contribution in [2.75, 3.05) is 39.3 Å². The molecule has 14 heavy (non-hydrogen) atoms. The molecule has 0 unspecified atom stereocenters. The second-order valence-corrected chi connectivity index (χ2v) is 3.87. The van der Waals surface area contributed by atoms with Crippen molar-refractivity contribution in [3.8, 4) is 0 Å². The summed E-state index contributed by atoms with van der Waals surface area (Å²) in [7, 11) is 0. The van der Waals surface area contributed by atoms with Crippen molar-refractivity contribution in [3.05, 3.63) is 25.3 Å². The average molecular weight is 195 g/mol. The number of rotatable bonds is 5. The Kier molecular flexibility index (Phi) is 3.89. The molecule has 0 N–H and O–H groups in total. The van der Waals surface area contributed by atoms with E-state index in [1.807, 2.05) is 17.1 Å². The van der Waals surface area contributed by atoms with Crippen molar-refractivity contribution in [2.24, 2.45) is 0 Å². The number of nitrogens with zero attached hydrogens (tertiary/aromatic N) is 2. The van der Waals surface area contributed by atoms with Gasteiger partial charge >= 0.3 is 0 Å². The third-order valence-electron chi connectivity index (χ3n) is 2.90. The van der Waals surface area contributed by atoms with Gasteiger partial charge in [-0.3, -0.25) is 4.79 Å². The Bertz CT molecular complexity index is 205. The zero-order valence-corrected chi connectivity index (χ0v) is 8.69. The number of quaternary nitrogens is 1. The number of carbonyl (C=O) groups excluding carboxylic acids is 1. The van der Waals surface area contributed by atoms with Crippen LogP contribution in [0.2, 0.25) is 0 Å². The Morgan fingerprint density at radius 3 is 2.00 bits per heavy atom. The minimum atomic E-state index is 0.852. The summed E-state index contributed by atoms with van der Waals surface area (Å²) in [5.41, 5.74) is 0. The van der Waals surface area contributed by atoms with Crippen LogP contribution in [-0.4, -0.2) is 55.1 Å². The molecule has 1 heterocycles. The van der Waals surface area contributed by atoms with Crippen LogP contribution in [-0.2, 0) is 4.79 Å². The molecule has 0 spiro atoms. The summed E-state index contributed by atoms with van der Waals surface area (Å²) in [5.74, 6) is 0. The Hall–Kier alpha value is -1.09. The van der Waals surface area contributed by atoms with E-state index < -0.39 is 0 Å². The molecule has 0 aromatic rings. The van der Waals surface area contributed by atoms with E-state index in [4.69, 9.17) is 0 Å². The van der Waals surface area contributed by atoms with Gasteiger partial charge in [-0.2, -0.15) is 0 Å². The molecule has 1 aliphatic heterocycles. The first-order chi connectivity index (χ1) is 6.76. The molecule has 78 valence electrons. The number of hydrogen-bond donors (Lipinski definition) is 0. The van der Waals surface area contributed by atoms with Crippen molar-refractivity contribution in [1.29, 1.82) is 0 Å². The van der Waals surface area contributed by atoms with Gasteiger partial charge in [-0.15, -0.1) is 0 Å². The maximum atomic E-state index is 10.6. The lowest BCUT2D eigenvalue weighted by molar-refractivity contribution is -0.920. The number of piperazine rings is 1. The molecule has 0 radical (unpaired) electrons.